The van der Waals surface area contributed by atoms with Crippen LogP contribution in [0.1, 0.15) is 19.3 Å². The van der Waals surface area contributed by atoms with Crippen molar-refractivity contribution in [1.82, 2.24) is 0 Å². The maximum atomic E-state index is 12.3. The quantitative estimate of drug-likeness (QED) is 0.817. The van der Waals surface area contributed by atoms with E-state index in [1.54, 1.807) is 48.5 Å². The molecule has 0 bridgehead atoms. The highest BCUT2D eigenvalue weighted by Crippen LogP contribution is 2.28. The Balaban J connectivity index is 1.66. The summed E-state index contributed by atoms with van der Waals surface area (Å²) in [6, 6.07) is 13.9. The summed E-state index contributed by atoms with van der Waals surface area (Å²) in [4.78, 5) is 23.4. The van der Waals surface area contributed by atoms with Gasteiger partial charge in [-0.2, -0.15) is 0 Å². The third-order valence-electron chi connectivity index (χ3n) is 3.91. The number of carboxylic acid groups (broad SMARTS) is 1. The van der Waals surface area contributed by atoms with Crippen molar-refractivity contribution in [3.05, 3.63) is 64.7 Å². The van der Waals surface area contributed by atoms with Crippen molar-refractivity contribution in [3.63, 3.8) is 0 Å². The number of carboxylic acids is 1. The van der Waals surface area contributed by atoms with Crippen molar-refractivity contribution in [3.8, 4) is 11.5 Å². The van der Waals surface area contributed by atoms with E-state index in [2.05, 4.69) is 5.32 Å². The summed E-state index contributed by atoms with van der Waals surface area (Å²) in [6.07, 6.45) is 1.62. The van der Waals surface area contributed by atoms with Gasteiger partial charge in [0.15, 0.2) is 0 Å². The fourth-order valence-corrected chi connectivity index (χ4v) is 2.81. The van der Waals surface area contributed by atoms with E-state index in [4.69, 9.17) is 21.4 Å². The van der Waals surface area contributed by atoms with Crippen LogP contribution in [-0.4, -0.2) is 17.0 Å². The summed E-state index contributed by atoms with van der Waals surface area (Å²) in [6.45, 7) is 0. The molecule has 2 aromatic rings. The van der Waals surface area contributed by atoms with Gasteiger partial charge in [-0.1, -0.05) is 11.6 Å². The van der Waals surface area contributed by atoms with Gasteiger partial charge in [0.05, 0.1) is 0 Å². The van der Waals surface area contributed by atoms with Crippen molar-refractivity contribution in [2.75, 3.05) is 5.32 Å². The third kappa shape index (κ3) is 4.19. The van der Waals surface area contributed by atoms with Crippen LogP contribution >= 0.6 is 11.6 Å². The van der Waals surface area contributed by atoms with Gasteiger partial charge < -0.3 is 15.2 Å². The second-order valence-electron chi connectivity index (χ2n) is 5.65. The van der Waals surface area contributed by atoms with Crippen LogP contribution in [-0.2, 0) is 9.59 Å². The van der Waals surface area contributed by atoms with E-state index in [1.165, 1.54) is 0 Å². The largest absolute Gasteiger partial charge is 0.478 e. The molecule has 0 aromatic heterocycles. The first-order chi connectivity index (χ1) is 12.0. The van der Waals surface area contributed by atoms with Gasteiger partial charge in [0.25, 0.3) is 5.91 Å². The molecule has 1 aliphatic carbocycles. The number of aliphatic carboxylic acids is 1. The van der Waals surface area contributed by atoms with Crippen molar-refractivity contribution in [2.24, 2.45) is 0 Å². The Labute approximate surface area is 149 Å². The molecule has 1 amide bonds. The van der Waals surface area contributed by atoms with Crippen LogP contribution in [0.3, 0.4) is 0 Å². The summed E-state index contributed by atoms with van der Waals surface area (Å²) in [5, 5.41) is 12.5. The molecule has 0 heterocycles. The zero-order valence-corrected chi connectivity index (χ0v) is 14.0. The predicted octanol–water partition coefficient (Wildman–Crippen LogP) is 4.64. The van der Waals surface area contributed by atoms with E-state index in [-0.39, 0.29) is 11.5 Å². The van der Waals surface area contributed by atoms with E-state index in [9.17, 15) is 9.59 Å². The van der Waals surface area contributed by atoms with E-state index >= 15 is 0 Å². The number of hydrogen-bond acceptors (Lipinski definition) is 3. The molecule has 128 valence electrons. The molecule has 0 unspecified atom stereocenters. The fraction of sp³-hybridized carbons (Fsp3) is 0.158. The Morgan fingerprint density at radius 1 is 0.920 bits per heavy atom. The number of halogens is 1. The molecule has 3 rings (SSSR count). The highest BCUT2D eigenvalue weighted by atomic mass is 35.5. The number of amides is 1. The number of hydrogen-bond donors (Lipinski definition) is 2. The molecule has 2 N–H and O–H groups in total. The molecular weight excluding hydrogens is 342 g/mol. The number of anilines is 1. The SMILES string of the molecule is O=C(O)C1=C(C(=O)Nc2ccc(Oc3ccc(Cl)cc3)cc2)CCC1. The zero-order valence-electron chi connectivity index (χ0n) is 13.3. The molecule has 0 radical (unpaired) electrons. The monoisotopic (exact) mass is 357 g/mol. The van der Waals surface area contributed by atoms with Crippen molar-refractivity contribution in [1.29, 1.82) is 0 Å². The van der Waals surface area contributed by atoms with Gasteiger partial charge >= 0.3 is 5.97 Å². The fourth-order valence-electron chi connectivity index (χ4n) is 2.68. The van der Waals surface area contributed by atoms with Crippen LogP contribution in [0.25, 0.3) is 0 Å². The van der Waals surface area contributed by atoms with Crippen molar-refractivity contribution >= 4 is 29.2 Å². The Hall–Kier alpha value is -2.79. The van der Waals surface area contributed by atoms with Gasteiger partial charge in [-0.05, 0) is 67.8 Å². The number of benzene rings is 2. The van der Waals surface area contributed by atoms with Crippen LogP contribution in [0.2, 0.25) is 5.02 Å². The summed E-state index contributed by atoms with van der Waals surface area (Å²) >= 11 is 5.83. The molecule has 0 spiro atoms. The Bertz CT molecular complexity index is 826. The first-order valence-corrected chi connectivity index (χ1v) is 8.21. The lowest BCUT2D eigenvalue weighted by molar-refractivity contribution is -0.133. The molecule has 0 saturated carbocycles. The molecule has 5 nitrogen and oxygen atoms in total. The average Bonchev–Trinajstić information content (AvgIpc) is 3.09. The van der Waals surface area contributed by atoms with E-state index < -0.39 is 5.97 Å². The maximum absolute atomic E-state index is 12.3. The minimum atomic E-state index is -1.02. The summed E-state index contributed by atoms with van der Waals surface area (Å²) in [5.74, 6) is -0.106. The first-order valence-electron chi connectivity index (χ1n) is 7.83. The van der Waals surface area contributed by atoms with Gasteiger partial charge in [0.2, 0.25) is 0 Å². The lowest BCUT2D eigenvalue weighted by atomic mass is 10.1. The normalized spacial score (nSPS) is 13.6. The maximum Gasteiger partial charge on any atom is 0.332 e. The van der Waals surface area contributed by atoms with Crippen LogP contribution in [0.5, 0.6) is 11.5 Å². The van der Waals surface area contributed by atoms with Crippen LogP contribution < -0.4 is 10.1 Å². The number of carbonyl (C=O) groups is 2. The number of nitrogens with one attached hydrogen (secondary N) is 1. The minimum absolute atomic E-state index is 0.209. The Morgan fingerprint density at radius 3 is 2.08 bits per heavy atom. The van der Waals surface area contributed by atoms with E-state index in [0.29, 0.717) is 47.0 Å². The van der Waals surface area contributed by atoms with Gasteiger partial charge in [0, 0.05) is 21.9 Å². The molecule has 0 aliphatic heterocycles. The van der Waals surface area contributed by atoms with Gasteiger partial charge in [0.1, 0.15) is 11.5 Å². The third-order valence-corrected chi connectivity index (χ3v) is 4.16. The Kier molecular flexibility index (Phi) is 5.05. The van der Waals surface area contributed by atoms with Crippen molar-refractivity contribution in [2.45, 2.75) is 19.3 Å². The molecular formula is C19H16ClNO4. The summed E-state index contributed by atoms with van der Waals surface area (Å²) in [7, 11) is 0. The molecule has 0 saturated heterocycles. The van der Waals surface area contributed by atoms with Crippen LogP contribution in [0.4, 0.5) is 5.69 Å². The topological polar surface area (TPSA) is 75.6 Å². The second-order valence-corrected chi connectivity index (χ2v) is 6.09. The molecule has 0 atom stereocenters. The molecule has 0 fully saturated rings. The molecule has 1 aliphatic rings. The first kappa shape index (κ1) is 17.0. The lowest BCUT2D eigenvalue weighted by Crippen LogP contribution is -2.16. The molecule has 25 heavy (non-hydrogen) atoms. The van der Waals surface area contributed by atoms with Crippen LogP contribution in [0.15, 0.2) is 59.7 Å². The highest BCUT2D eigenvalue weighted by molar-refractivity contribution is 6.30. The Morgan fingerprint density at radius 2 is 1.48 bits per heavy atom. The zero-order chi connectivity index (χ0) is 17.8. The smallest absolute Gasteiger partial charge is 0.332 e. The van der Waals surface area contributed by atoms with E-state index in [0.717, 1.165) is 0 Å². The second kappa shape index (κ2) is 7.40. The summed E-state index contributed by atoms with van der Waals surface area (Å²) < 4.78 is 5.68. The molecule has 2 aromatic carbocycles. The average molecular weight is 358 g/mol. The van der Waals surface area contributed by atoms with Gasteiger partial charge in [-0.25, -0.2) is 4.79 Å². The number of rotatable bonds is 5. The van der Waals surface area contributed by atoms with Gasteiger partial charge in [-0.15, -0.1) is 0 Å². The van der Waals surface area contributed by atoms with E-state index in [1.807, 2.05) is 0 Å². The minimum Gasteiger partial charge on any atom is -0.478 e. The predicted molar refractivity (Wildman–Crippen MR) is 95.1 cm³/mol. The highest BCUT2D eigenvalue weighted by Gasteiger charge is 2.25. The number of carbonyl (C=O) groups excluding carboxylic acids is 1. The summed E-state index contributed by atoms with van der Waals surface area (Å²) in [5.41, 5.74) is 1.15. The standard InChI is InChI=1S/C19H16ClNO4/c20-12-4-8-14(9-5-12)25-15-10-6-13(7-11-15)21-18(22)16-2-1-3-17(16)19(23)24/h4-11H,1-3H2,(H,21,22)(H,23,24). The number of ether oxygens (including phenoxy) is 1. The van der Waals surface area contributed by atoms with Crippen molar-refractivity contribution < 1.29 is 19.4 Å². The van der Waals surface area contributed by atoms with Gasteiger partial charge in [-0.3, -0.25) is 4.79 Å². The molecule has 6 heteroatoms. The lowest BCUT2D eigenvalue weighted by Gasteiger charge is -2.09. The van der Waals surface area contributed by atoms with Crippen LogP contribution in [0, 0.1) is 0 Å².